The zero-order chi connectivity index (χ0) is 17.4. The number of hydrogen-bond donors (Lipinski definition) is 1. The lowest BCUT2D eigenvalue weighted by Gasteiger charge is -2.28. The van der Waals surface area contributed by atoms with E-state index in [-0.39, 0.29) is 5.91 Å². The number of hydrogen-bond acceptors (Lipinski definition) is 4. The third kappa shape index (κ3) is 3.28. The van der Waals surface area contributed by atoms with E-state index in [1.165, 1.54) is 12.8 Å². The Morgan fingerprint density at radius 1 is 1.28 bits per heavy atom. The molecule has 1 amide bonds. The Morgan fingerprint density at radius 3 is 2.88 bits per heavy atom. The number of fused-ring (bicyclic) bond motifs is 1. The summed E-state index contributed by atoms with van der Waals surface area (Å²) >= 11 is 0. The van der Waals surface area contributed by atoms with Crippen LogP contribution in [0.4, 0.5) is 0 Å². The number of aryl methyl sites for hydroxylation is 1. The smallest absolute Gasteiger partial charge is 0.228 e. The molecule has 1 unspecified atom stereocenters. The molecule has 0 aromatic carbocycles. The van der Waals surface area contributed by atoms with Crippen LogP contribution in [0.2, 0.25) is 0 Å². The molecule has 6 nitrogen and oxygen atoms in total. The van der Waals surface area contributed by atoms with Crippen LogP contribution >= 0.6 is 0 Å². The molecule has 0 aliphatic carbocycles. The summed E-state index contributed by atoms with van der Waals surface area (Å²) in [7, 11) is 0. The molecule has 134 valence electrons. The van der Waals surface area contributed by atoms with Crippen LogP contribution in [0.5, 0.6) is 0 Å². The van der Waals surface area contributed by atoms with Gasteiger partial charge in [0.2, 0.25) is 5.91 Å². The SMILES string of the molecule is Cc1nc2ccccn2c1CC(=O)N1CCC(O)(CN2CCCC2)C1. The minimum atomic E-state index is -0.755. The molecule has 25 heavy (non-hydrogen) atoms. The Bertz CT molecular complexity index is 781. The summed E-state index contributed by atoms with van der Waals surface area (Å²) in [4.78, 5) is 21.5. The average Bonchev–Trinajstić information content (AvgIpc) is 3.29. The molecule has 2 aromatic rings. The highest BCUT2D eigenvalue weighted by atomic mass is 16.3. The first-order chi connectivity index (χ1) is 12.0. The van der Waals surface area contributed by atoms with Crippen LogP contribution in [-0.4, -0.2) is 68.5 Å². The van der Waals surface area contributed by atoms with Crippen LogP contribution in [0.1, 0.15) is 30.7 Å². The predicted octanol–water partition coefficient (Wildman–Crippen LogP) is 1.24. The van der Waals surface area contributed by atoms with Gasteiger partial charge in [0.25, 0.3) is 0 Å². The number of aromatic nitrogens is 2. The quantitative estimate of drug-likeness (QED) is 0.908. The van der Waals surface area contributed by atoms with E-state index in [0.29, 0.717) is 32.5 Å². The van der Waals surface area contributed by atoms with Crippen molar-refractivity contribution in [2.75, 3.05) is 32.7 Å². The average molecular weight is 342 g/mol. The molecule has 0 radical (unpaired) electrons. The molecular weight excluding hydrogens is 316 g/mol. The van der Waals surface area contributed by atoms with Gasteiger partial charge in [0.1, 0.15) is 5.65 Å². The van der Waals surface area contributed by atoms with Gasteiger partial charge >= 0.3 is 0 Å². The highest BCUT2D eigenvalue weighted by Crippen LogP contribution is 2.25. The van der Waals surface area contributed by atoms with Crippen molar-refractivity contribution in [2.45, 2.75) is 38.2 Å². The van der Waals surface area contributed by atoms with Crippen LogP contribution in [-0.2, 0) is 11.2 Å². The van der Waals surface area contributed by atoms with Gasteiger partial charge < -0.3 is 19.3 Å². The fourth-order valence-electron chi connectivity index (χ4n) is 4.19. The maximum Gasteiger partial charge on any atom is 0.228 e. The van der Waals surface area contributed by atoms with Gasteiger partial charge in [-0.25, -0.2) is 4.98 Å². The fraction of sp³-hybridized carbons (Fsp3) is 0.579. The highest BCUT2D eigenvalue weighted by Gasteiger charge is 2.39. The summed E-state index contributed by atoms with van der Waals surface area (Å²) in [5.74, 6) is 0.0751. The largest absolute Gasteiger partial charge is 0.387 e. The van der Waals surface area contributed by atoms with Gasteiger partial charge in [-0.1, -0.05) is 6.07 Å². The predicted molar refractivity (Wildman–Crippen MR) is 95.5 cm³/mol. The summed E-state index contributed by atoms with van der Waals surface area (Å²) in [5, 5.41) is 10.9. The molecule has 1 N–H and O–H groups in total. The van der Waals surface area contributed by atoms with Crippen molar-refractivity contribution in [1.82, 2.24) is 19.2 Å². The number of nitrogens with zero attached hydrogens (tertiary/aromatic N) is 4. The number of amides is 1. The highest BCUT2D eigenvalue weighted by molar-refractivity contribution is 5.79. The number of carbonyl (C=O) groups excluding carboxylic acids is 1. The van der Waals surface area contributed by atoms with E-state index in [2.05, 4.69) is 9.88 Å². The van der Waals surface area contributed by atoms with Gasteiger partial charge in [-0.2, -0.15) is 0 Å². The standard InChI is InChI=1S/C19H26N4O2/c1-15-16(23-10-3-2-6-17(23)20-15)12-18(24)22-11-7-19(25,14-22)13-21-8-4-5-9-21/h2-3,6,10,25H,4-5,7-9,11-14H2,1H3. The first kappa shape index (κ1) is 16.5. The van der Waals surface area contributed by atoms with Gasteiger partial charge in [0, 0.05) is 19.3 Å². The van der Waals surface area contributed by atoms with Crippen LogP contribution in [0.15, 0.2) is 24.4 Å². The molecule has 6 heteroatoms. The van der Waals surface area contributed by atoms with Crippen molar-refractivity contribution in [3.05, 3.63) is 35.8 Å². The molecule has 0 saturated carbocycles. The Morgan fingerprint density at radius 2 is 2.08 bits per heavy atom. The summed E-state index contributed by atoms with van der Waals surface area (Å²) in [6.45, 7) is 5.85. The molecule has 0 spiro atoms. The zero-order valence-electron chi connectivity index (χ0n) is 14.8. The lowest BCUT2D eigenvalue weighted by Crippen LogP contribution is -2.45. The Balaban J connectivity index is 1.44. The molecule has 2 saturated heterocycles. The van der Waals surface area contributed by atoms with E-state index < -0.39 is 5.60 Å². The van der Waals surface area contributed by atoms with Gasteiger partial charge in [-0.15, -0.1) is 0 Å². The number of pyridine rings is 1. The first-order valence-electron chi connectivity index (χ1n) is 9.19. The maximum absolute atomic E-state index is 12.8. The van der Waals surface area contributed by atoms with E-state index >= 15 is 0 Å². The van der Waals surface area contributed by atoms with Crippen LogP contribution in [0, 0.1) is 6.92 Å². The van der Waals surface area contributed by atoms with Gasteiger partial charge in [-0.3, -0.25) is 4.79 Å². The molecule has 2 aromatic heterocycles. The molecular formula is C19H26N4O2. The normalized spacial score (nSPS) is 24.5. The molecule has 0 bridgehead atoms. The van der Waals surface area contributed by atoms with Crippen LogP contribution in [0.25, 0.3) is 5.65 Å². The molecule has 2 aliphatic rings. The second kappa shape index (κ2) is 6.42. The monoisotopic (exact) mass is 342 g/mol. The van der Waals surface area contributed by atoms with Crippen molar-refractivity contribution in [3.8, 4) is 0 Å². The second-order valence-corrected chi connectivity index (χ2v) is 7.52. The molecule has 2 fully saturated rings. The summed E-state index contributed by atoms with van der Waals surface area (Å²) in [6.07, 6.45) is 5.38. The van der Waals surface area contributed by atoms with E-state index in [1.807, 2.05) is 40.6 Å². The van der Waals surface area contributed by atoms with Crippen LogP contribution in [0.3, 0.4) is 0 Å². The lowest BCUT2D eigenvalue weighted by atomic mass is 10.0. The minimum absolute atomic E-state index is 0.0751. The van der Waals surface area contributed by atoms with Crippen LogP contribution < -0.4 is 0 Å². The number of β-amino-alcohol motifs (C(OH)–C–C–N with tert-alkyl or cyclic N) is 1. The molecule has 4 heterocycles. The second-order valence-electron chi connectivity index (χ2n) is 7.52. The van der Waals surface area contributed by atoms with Crippen molar-refractivity contribution < 1.29 is 9.90 Å². The third-order valence-electron chi connectivity index (χ3n) is 5.55. The van der Waals surface area contributed by atoms with Crippen molar-refractivity contribution >= 4 is 11.6 Å². The number of imidazole rings is 1. The Kier molecular flexibility index (Phi) is 4.25. The zero-order valence-corrected chi connectivity index (χ0v) is 14.8. The lowest BCUT2D eigenvalue weighted by molar-refractivity contribution is -0.130. The molecule has 4 rings (SSSR count). The first-order valence-corrected chi connectivity index (χ1v) is 9.19. The van der Waals surface area contributed by atoms with Gasteiger partial charge in [-0.05, 0) is 51.4 Å². The van der Waals surface area contributed by atoms with E-state index in [4.69, 9.17) is 0 Å². The van der Waals surface area contributed by atoms with E-state index in [9.17, 15) is 9.90 Å². The van der Waals surface area contributed by atoms with E-state index in [1.54, 1.807) is 0 Å². The Labute approximate surface area is 148 Å². The number of likely N-dealkylation sites (tertiary alicyclic amines) is 2. The summed E-state index contributed by atoms with van der Waals surface area (Å²) < 4.78 is 1.99. The summed E-state index contributed by atoms with van der Waals surface area (Å²) in [6, 6.07) is 5.85. The van der Waals surface area contributed by atoms with Crippen molar-refractivity contribution in [2.24, 2.45) is 0 Å². The minimum Gasteiger partial charge on any atom is -0.387 e. The molecule has 1 atom stereocenters. The van der Waals surface area contributed by atoms with E-state index in [0.717, 1.165) is 30.1 Å². The number of carbonyl (C=O) groups is 1. The van der Waals surface area contributed by atoms with Gasteiger partial charge in [0.05, 0.1) is 30.0 Å². The van der Waals surface area contributed by atoms with Crippen molar-refractivity contribution in [3.63, 3.8) is 0 Å². The Hall–Kier alpha value is -1.92. The topological polar surface area (TPSA) is 61.1 Å². The van der Waals surface area contributed by atoms with Crippen molar-refractivity contribution in [1.29, 1.82) is 0 Å². The maximum atomic E-state index is 12.8. The molecule has 2 aliphatic heterocycles. The summed E-state index contributed by atoms with van der Waals surface area (Å²) in [5.41, 5.74) is 1.95. The number of aliphatic hydroxyl groups is 1. The number of rotatable bonds is 4. The van der Waals surface area contributed by atoms with Gasteiger partial charge in [0.15, 0.2) is 0 Å². The third-order valence-corrected chi connectivity index (χ3v) is 5.55. The fourth-order valence-corrected chi connectivity index (χ4v) is 4.19.